The minimum atomic E-state index is -0.507. The lowest BCUT2D eigenvalue weighted by molar-refractivity contribution is 0.158. The lowest BCUT2D eigenvalue weighted by Crippen LogP contribution is -2.27. The molecule has 256 valence electrons. The molecule has 10 heteroatoms. The second-order valence-corrected chi connectivity index (χ2v) is 11.8. The van der Waals surface area contributed by atoms with E-state index in [9.17, 15) is 9.59 Å². The van der Waals surface area contributed by atoms with Crippen molar-refractivity contribution in [2.75, 3.05) is 35.5 Å². The zero-order valence-electron chi connectivity index (χ0n) is 28.7. The average molecular weight is 677 g/mol. The van der Waals surface area contributed by atoms with E-state index in [0.717, 1.165) is 11.1 Å². The SMILES string of the molecule is COc1c(-c2ccccc2)oc2c(OC)cccc2c1=O.COc1ccc(-c2c(OC)c3c(OC)c4c(cc3oc2=O)OC(C)(C)C=C4)cc1. The van der Waals surface area contributed by atoms with E-state index in [1.807, 2.05) is 56.3 Å². The number of methoxy groups -OCH3 is 5. The number of benzene rings is 4. The third kappa shape index (κ3) is 6.11. The van der Waals surface area contributed by atoms with Crippen molar-refractivity contribution in [2.45, 2.75) is 19.4 Å². The van der Waals surface area contributed by atoms with Crippen molar-refractivity contribution in [1.82, 2.24) is 0 Å². The summed E-state index contributed by atoms with van der Waals surface area (Å²) in [6.07, 6.45) is 3.91. The highest BCUT2D eigenvalue weighted by Gasteiger charge is 2.29. The van der Waals surface area contributed by atoms with Gasteiger partial charge >= 0.3 is 5.63 Å². The largest absolute Gasteiger partial charge is 0.497 e. The number of hydrogen-bond acceptors (Lipinski definition) is 10. The van der Waals surface area contributed by atoms with Gasteiger partial charge in [-0.1, -0.05) is 48.5 Å². The molecule has 0 bridgehead atoms. The molecular weight excluding hydrogens is 640 g/mol. The molecular formula is C40H36O10. The van der Waals surface area contributed by atoms with Gasteiger partial charge in [-0.3, -0.25) is 4.79 Å². The molecule has 0 amide bonds. The van der Waals surface area contributed by atoms with Gasteiger partial charge in [-0.2, -0.15) is 0 Å². The fourth-order valence-electron chi connectivity index (χ4n) is 5.86. The molecule has 7 rings (SSSR count). The van der Waals surface area contributed by atoms with Gasteiger partial charge in [0, 0.05) is 11.6 Å². The van der Waals surface area contributed by atoms with Gasteiger partial charge in [0.25, 0.3) is 0 Å². The molecule has 6 aromatic rings. The molecule has 0 atom stereocenters. The Balaban J connectivity index is 0.000000182. The molecule has 0 spiro atoms. The normalized spacial score (nSPS) is 12.7. The molecule has 2 aromatic heterocycles. The number of rotatable bonds is 7. The molecule has 3 heterocycles. The van der Waals surface area contributed by atoms with E-state index in [2.05, 4.69) is 0 Å². The van der Waals surface area contributed by atoms with Crippen molar-refractivity contribution in [2.24, 2.45) is 0 Å². The first kappa shape index (κ1) is 33.7. The molecule has 0 saturated carbocycles. The van der Waals surface area contributed by atoms with Crippen molar-refractivity contribution < 1.29 is 37.3 Å². The van der Waals surface area contributed by atoms with Crippen molar-refractivity contribution in [3.8, 4) is 56.9 Å². The second kappa shape index (κ2) is 13.8. The van der Waals surface area contributed by atoms with Gasteiger partial charge < -0.3 is 37.3 Å². The topological polar surface area (TPSA) is 116 Å². The van der Waals surface area contributed by atoms with Crippen LogP contribution in [0.4, 0.5) is 0 Å². The first-order valence-corrected chi connectivity index (χ1v) is 15.7. The van der Waals surface area contributed by atoms with Crippen LogP contribution in [0.25, 0.3) is 50.5 Å². The average Bonchev–Trinajstić information content (AvgIpc) is 3.13. The number of hydrogen-bond donors (Lipinski definition) is 0. The summed E-state index contributed by atoms with van der Waals surface area (Å²) in [6.45, 7) is 3.90. The Morgan fingerprint density at radius 2 is 1.36 bits per heavy atom. The Hall–Kier alpha value is -6.16. The quantitative estimate of drug-likeness (QED) is 0.153. The standard InChI is InChI=1S/C23H22O6.C17H14O4/c1-23(2)11-10-15-16(29-23)12-17-19(20(15)26-4)21(27-5)18(22(24)28-17)13-6-8-14(25-3)9-7-13;1-19-13-10-6-9-12-14(18)17(20-2)15(21-16(12)13)11-7-4-3-5-8-11/h6-12H,1-5H3;3-10H,1-2H3. The van der Waals surface area contributed by atoms with Crippen LogP contribution in [0.1, 0.15) is 19.4 Å². The van der Waals surface area contributed by atoms with Crippen molar-refractivity contribution >= 4 is 28.0 Å². The number of para-hydroxylation sites is 1. The molecule has 1 aliphatic rings. The smallest absolute Gasteiger partial charge is 0.347 e. The van der Waals surface area contributed by atoms with Crippen LogP contribution in [-0.2, 0) is 0 Å². The fraction of sp³-hybridized carbons (Fsp3) is 0.200. The maximum absolute atomic E-state index is 12.9. The van der Waals surface area contributed by atoms with Crippen LogP contribution < -0.4 is 39.5 Å². The third-order valence-corrected chi connectivity index (χ3v) is 8.22. The third-order valence-electron chi connectivity index (χ3n) is 8.22. The maximum Gasteiger partial charge on any atom is 0.347 e. The fourth-order valence-corrected chi connectivity index (χ4v) is 5.86. The Morgan fingerprint density at radius 3 is 2.00 bits per heavy atom. The van der Waals surface area contributed by atoms with Gasteiger partial charge in [0.1, 0.15) is 45.1 Å². The monoisotopic (exact) mass is 676 g/mol. The van der Waals surface area contributed by atoms with Gasteiger partial charge in [0.2, 0.25) is 11.2 Å². The molecule has 1 aliphatic heterocycles. The first-order valence-electron chi connectivity index (χ1n) is 15.7. The highest BCUT2D eigenvalue weighted by Crippen LogP contribution is 2.47. The molecule has 0 saturated heterocycles. The zero-order valence-corrected chi connectivity index (χ0v) is 28.7. The van der Waals surface area contributed by atoms with Crippen molar-refractivity contribution in [3.63, 3.8) is 0 Å². The number of ether oxygens (including phenoxy) is 6. The molecule has 4 aromatic carbocycles. The van der Waals surface area contributed by atoms with Crippen LogP contribution in [0, 0.1) is 0 Å². The Morgan fingerprint density at radius 1 is 0.660 bits per heavy atom. The highest BCUT2D eigenvalue weighted by atomic mass is 16.5. The minimum Gasteiger partial charge on any atom is -0.497 e. The lowest BCUT2D eigenvalue weighted by Gasteiger charge is -2.29. The summed E-state index contributed by atoms with van der Waals surface area (Å²) in [5.74, 6) is 3.31. The van der Waals surface area contributed by atoms with Gasteiger partial charge in [0.05, 0.1) is 46.5 Å². The van der Waals surface area contributed by atoms with E-state index >= 15 is 0 Å². The van der Waals surface area contributed by atoms with Crippen LogP contribution in [0.2, 0.25) is 0 Å². The van der Waals surface area contributed by atoms with Gasteiger partial charge in [-0.15, -0.1) is 0 Å². The van der Waals surface area contributed by atoms with E-state index < -0.39 is 11.2 Å². The van der Waals surface area contributed by atoms with Crippen molar-refractivity contribution in [1.29, 1.82) is 0 Å². The van der Waals surface area contributed by atoms with Gasteiger partial charge in [-0.25, -0.2) is 4.79 Å². The summed E-state index contributed by atoms with van der Waals surface area (Å²) in [4.78, 5) is 25.5. The minimum absolute atomic E-state index is 0.196. The van der Waals surface area contributed by atoms with Gasteiger partial charge in [0.15, 0.2) is 17.1 Å². The van der Waals surface area contributed by atoms with Crippen LogP contribution in [0.5, 0.6) is 34.5 Å². The molecule has 0 fully saturated rings. The number of fused-ring (bicyclic) bond motifs is 3. The molecule has 0 aliphatic carbocycles. The Kier molecular flexibility index (Phi) is 9.28. The molecule has 0 N–H and O–H groups in total. The van der Waals surface area contributed by atoms with Crippen molar-refractivity contribution in [3.05, 3.63) is 111 Å². The van der Waals surface area contributed by atoms with Crippen LogP contribution in [0.15, 0.2) is 103 Å². The zero-order chi connectivity index (χ0) is 35.6. The predicted molar refractivity (Wildman–Crippen MR) is 192 cm³/mol. The summed E-state index contributed by atoms with van der Waals surface area (Å²) in [7, 11) is 7.69. The first-order chi connectivity index (χ1) is 24.1. The summed E-state index contributed by atoms with van der Waals surface area (Å²) in [5.41, 5.74) is 2.09. The highest BCUT2D eigenvalue weighted by molar-refractivity contribution is 5.99. The maximum atomic E-state index is 12.9. The summed E-state index contributed by atoms with van der Waals surface area (Å²) in [5, 5.41) is 1.01. The Bertz CT molecular complexity index is 2330. The van der Waals surface area contributed by atoms with E-state index in [1.54, 1.807) is 69.9 Å². The van der Waals surface area contributed by atoms with Crippen LogP contribution >= 0.6 is 0 Å². The van der Waals surface area contributed by atoms with Crippen LogP contribution in [-0.4, -0.2) is 41.2 Å². The summed E-state index contributed by atoms with van der Waals surface area (Å²) in [6, 6.07) is 23.4. The molecule has 0 radical (unpaired) electrons. The molecule has 10 nitrogen and oxygen atoms in total. The Labute approximate surface area is 288 Å². The second-order valence-electron chi connectivity index (χ2n) is 11.8. The van der Waals surface area contributed by atoms with Crippen LogP contribution in [0.3, 0.4) is 0 Å². The van der Waals surface area contributed by atoms with E-state index in [1.165, 1.54) is 14.2 Å². The van der Waals surface area contributed by atoms with Gasteiger partial charge in [-0.05, 0) is 55.8 Å². The van der Waals surface area contributed by atoms with E-state index in [4.69, 9.17) is 37.3 Å². The molecule has 50 heavy (non-hydrogen) atoms. The molecule has 0 unspecified atom stereocenters. The summed E-state index contributed by atoms with van der Waals surface area (Å²) >= 11 is 0. The summed E-state index contributed by atoms with van der Waals surface area (Å²) < 4.78 is 44.8. The lowest BCUT2D eigenvalue weighted by atomic mass is 9.98. The predicted octanol–water partition coefficient (Wildman–Crippen LogP) is 8.15. The van der Waals surface area contributed by atoms with E-state index in [0.29, 0.717) is 67.6 Å². The van der Waals surface area contributed by atoms with E-state index in [-0.39, 0.29) is 11.2 Å².